The third-order valence-electron chi connectivity index (χ3n) is 3.81. The number of carbonyl (C=O) groups is 1. The number of nitrogens with zero attached hydrogens (tertiary/aromatic N) is 3. The van der Waals surface area contributed by atoms with Crippen LogP contribution in [0, 0.1) is 5.82 Å². The fraction of sp³-hybridized carbons (Fsp3) is 0.278. The smallest absolute Gasteiger partial charge is 0.235 e. The molecule has 2 aromatic heterocycles. The van der Waals surface area contributed by atoms with E-state index in [-0.39, 0.29) is 11.7 Å². The lowest BCUT2D eigenvalue weighted by Gasteiger charge is -2.15. The molecule has 136 valence electrons. The van der Waals surface area contributed by atoms with E-state index in [0.717, 1.165) is 11.6 Å². The molecule has 1 atom stereocenters. The molecule has 0 radical (unpaired) electrons. The molecule has 3 rings (SSSR count). The van der Waals surface area contributed by atoms with Crippen LogP contribution in [0.5, 0.6) is 0 Å². The van der Waals surface area contributed by atoms with Crippen molar-refractivity contribution in [3.8, 4) is 0 Å². The Kier molecular flexibility index (Phi) is 5.41. The number of thioether (sulfide) groups is 1. The number of aromatic nitrogens is 3. The highest BCUT2D eigenvalue weighted by molar-refractivity contribution is 8.00. The van der Waals surface area contributed by atoms with Gasteiger partial charge in [-0.2, -0.15) is 0 Å². The highest BCUT2D eigenvalue weighted by atomic mass is 32.2. The van der Waals surface area contributed by atoms with Crippen molar-refractivity contribution < 1.29 is 13.6 Å². The highest BCUT2D eigenvalue weighted by Gasteiger charge is 2.25. The van der Waals surface area contributed by atoms with Crippen molar-refractivity contribution in [2.24, 2.45) is 5.73 Å². The predicted molar refractivity (Wildman–Crippen MR) is 96.1 cm³/mol. The van der Waals surface area contributed by atoms with Gasteiger partial charge in [0.15, 0.2) is 5.16 Å². The zero-order valence-electron chi connectivity index (χ0n) is 14.4. The van der Waals surface area contributed by atoms with Crippen LogP contribution in [-0.4, -0.2) is 20.7 Å². The number of hydrogen-bond acceptors (Lipinski definition) is 5. The second-order valence-electron chi connectivity index (χ2n) is 6.11. The molecule has 26 heavy (non-hydrogen) atoms. The van der Waals surface area contributed by atoms with Crippen LogP contribution in [0.4, 0.5) is 4.39 Å². The van der Waals surface area contributed by atoms with E-state index in [9.17, 15) is 9.18 Å². The maximum absolute atomic E-state index is 13.2. The summed E-state index contributed by atoms with van der Waals surface area (Å²) in [5.74, 6) is 0.784. The molecule has 2 N–H and O–H groups in total. The van der Waals surface area contributed by atoms with Crippen LogP contribution in [-0.2, 0) is 11.3 Å². The fourth-order valence-corrected chi connectivity index (χ4v) is 3.55. The lowest BCUT2D eigenvalue weighted by Crippen LogP contribution is -2.20. The van der Waals surface area contributed by atoms with Gasteiger partial charge in [0, 0.05) is 5.92 Å². The monoisotopic (exact) mass is 374 g/mol. The average Bonchev–Trinajstić information content (AvgIpc) is 3.24. The molecule has 0 aliphatic heterocycles. The predicted octanol–water partition coefficient (Wildman–Crippen LogP) is 3.50. The number of nitrogens with two attached hydrogens (primary N) is 1. The molecule has 0 spiro atoms. The molecule has 1 amide bonds. The molecule has 1 aromatic carbocycles. The minimum Gasteiger partial charge on any atom is -0.467 e. The molecule has 6 nitrogen and oxygen atoms in total. The summed E-state index contributed by atoms with van der Waals surface area (Å²) in [7, 11) is 0. The number of furan rings is 1. The van der Waals surface area contributed by atoms with Gasteiger partial charge in [0.05, 0.1) is 12.8 Å². The third-order valence-corrected chi connectivity index (χ3v) is 5.06. The molecule has 0 saturated heterocycles. The van der Waals surface area contributed by atoms with E-state index in [1.54, 1.807) is 18.4 Å². The molecule has 0 saturated carbocycles. The first kappa shape index (κ1) is 18.2. The van der Waals surface area contributed by atoms with E-state index in [0.29, 0.717) is 17.3 Å². The SMILES string of the molecule is CC(C)c1nnc(S[C@H](C(N)=O)c2ccc(F)cc2)n1Cc1ccco1. The number of carbonyl (C=O) groups excluding carboxylic acids is 1. The number of hydrogen-bond donors (Lipinski definition) is 1. The fourth-order valence-electron chi connectivity index (χ4n) is 2.55. The minimum absolute atomic E-state index is 0.143. The van der Waals surface area contributed by atoms with Gasteiger partial charge in [-0.25, -0.2) is 4.39 Å². The standard InChI is InChI=1S/C18H19FN4O2S/c1-11(2)17-21-22-18(23(17)10-14-4-3-9-25-14)26-15(16(20)24)12-5-7-13(19)8-6-12/h3-9,11,15H,10H2,1-2H3,(H2,20,24)/t15-/m0/s1. The van der Waals surface area contributed by atoms with Gasteiger partial charge in [0.1, 0.15) is 22.7 Å². The van der Waals surface area contributed by atoms with Gasteiger partial charge in [-0.05, 0) is 29.8 Å². The van der Waals surface area contributed by atoms with Crippen LogP contribution in [0.1, 0.15) is 42.2 Å². The highest BCUT2D eigenvalue weighted by Crippen LogP contribution is 2.35. The number of benzene rings is 1. The van der Waals surface area contributed by atoms with Crippen molar-refractivity contribution in [3.63, 3.8) is 0 Å². The maximum Gasteiger partial charge on any atom is 0.235 e. The van der Waals surface area contributed by atoms with Gasteiger partial charge >= 0.3 is 0 Å². The molecule has 0 bridgehead atoms. The maximum atomic E-state index is 13.2. The van der Waals surface area contributed by atoms with Crippen molar-refractivity contribution in [1.29, 1.82) is 0 Å². The van der Waals surface area contributed by atoms with Gasteiger partial charge in [0.25, 0.3) is 0 Å². The summed E-state index contributed by atoms with van der Waals surface area (Å²) in [6, 6.07) is 9.39. The summed E-state index contributed by atoms with van der Waals surface area (Å²) in [5, 5.41) is 8.35. The number of amides is 1. The Hall–Kier alpha value is -2.61. The Morgan fingerprint density at radius 2 is 2.00 bits per heavy atom. The van der Waals surface area contributed by atoms with E-state index in [4.69, 9.17) is 10.2 Å². The summed E-state index contributed by atoms with van der Waals surface area (Å²) in [6.07, 6.45) is 1.60. The second kappa shape index (κ2) is 7.74. The number of halogens is 1. The Bertz CT molecular complexity index is 875. The van der Waals surface area contributed by atoms with Crippen LogP contribution in [0.2, 0.25) is 0 Å². The van der Waals surface area contributed by atoms with E-state index in [1.807, 2.05) is 30.5 Å². The third kappa shape index (κ3) is 3.96. The first-order valence-electron chi connectivity index (χ1n) is 8.12. The summed E-state index contributed by atoms with van der Waals surface area (Å²) >= 11 is 1.19. The first-order valence-corrected chi connectivity index (χ1v) is 9.00. The summed E-state index contributed by atoms with van der Waals surface area (Å²) < 4.78 is 20.5. The van der Waals surface area contributed by atoms with Crippen molar-refractivity contribution in [2.75, 3.05) is 0 Å². The van der Waals surface area contributed by atoms with Crippen LogP contribution in [0.15, 0.2) is 52.2 Å². The summed E-state index contributed by atoms with van der Waals surface area (Å²) in [4.78, 5) is 12.0. The van der Waals surface area contributed by atoms with Crippen LogP contribution >= 0.6 is 11.8 Å². The van der Waals surface area contributed by atoms with Crippen LogP contribution in [0.3, 0.4) is 0 Å². The number of rotatable bonds is 7. The molecule has 0 unspecified atom stereocenters. The molecule has 0 aliphatic carbocycles. The van der Waals surface area contributed by atoms with Crippen molar-refractivity contribution in [2.45, 2.75) is 36.7 Å². The molecule has 2 heterocycles. The first-order chi connectivity index (χ1) is 12.5. The van der Waals surface area contributed by atoms with Gasteiger partial charge in [-0.1, -0.05) is 37.7 Å². The van der Waals surface area contributed by atoms with Gasteiger partial charge in [-0.3, -0.25) is 9.36 Å². The molecule has 8 heteroatoms. The van der Waals surface area contributed by atoms with Crippen LogP contribution in [0.25, 0.3) is 0 Å². The normalized spacial score (nSPS) is 12.5. The lowest BCUT2D eigenvalue weighted by molar-refractivity contribution is -0.117. The summed E-state index contributed by atoms with van der Waals surface area (Å²) in [5.41, 5.74) is 6.19. The molecular weight excluding hydrogens is 355 g/mol. The molecule has 0 aliphatic rings. The van der Waals surface area contributed by atoms with Crippen molar-refractivity contribution in [3.05, 3.63) is 65.6 Å². The second-order valence-corrected chi connectivity index (χ2v) is 7.19. The molecule has 0 fully saturated rings. The Balaban J connectivity index is 1.94. The van der Waals surface area contributed by atoms with Crippen LogP contribution < -0.4 is 5.73 Å². The quantitative estimate of drug-likeness (QED) is 0.640. The van der Waals surface area contributed by atoms with E-state index < -0.39 is 11.2 Å². The topological polar surface area (TPSA) is 86.9 Å². The van der Waals surface area contributed by atoms with Gasteiger partial charge in [-0.15, -0.1) is 10.2 Å². The molecule has 3 aromatic rings. The zero-order valence-corrected chi connectivity index (χ0v) is 15.2. The lowest BCUT2D eigenvalue weighted by atomic mass is 10.1. The zero-order chi connectivity index (χ0) is 18.7. The van der Waals surface area contributed by atoms with E-state index >= 15 is 0 Å². The molecular formula is C18H19FN4O2S. The largest absolute Gasteiger partial charge is 0.467 e. The Morgan fingerprint density at radius 1 is 1.27 bits per heavy atom. The van der Waals surface area contributed by atoms with E-state index in [2.05, 4.69) is 10.2 Å². The average molecular weight is 374 g/mol. The Labute approximate surface area is 154 Å². The van der Waals surface area contributed by atoms with Gasteiger partial charge < -0.3 is 10.2 Å². The number of primary amides is 1. The Morgan fingerprint density at radius 3 is 2.58 bits per heavy atom. The minimum atomic E-state index is -0.699. The van der Waals surface area contributed by atoms with E-state index in [1.165, 1.54) is 23.9 Å². The van der Waals surface area contributed by atoms with Crippen molar-refractivity contribution in [1.82, 2.24) is 14.8 Å². The summed E-state index contributed by atoms with van der Waals surface area (Å²) in [6.45, 7) is 4.48. The van der Waals surface area contributed by atoms with Crippen molar-refractivity contribution >= 4 is 17.7 Å². The van der Waals surface area contributed by atoms with Gasteiger partial charge in [0.2, 0.25) is 5.91 Å².